The molecule has 20 heteroatoms. The van der Waals surface area contributed by atoms with Gasteiger partial charge in [-0.3, -0.25) is 24.4 Å². The fraction of sp³-hybridized carbons (Fsp3) is 0.452. The van der Waals surface area contributed by atoms with Crippen LogP contribution in [0.3, 0.4) is 0 Å². The zero-order valence-corrected chi connectivity index (χ0v) is 49.9. The quantitative estimate of drug-likeness (QED) is 0.0867. The zero-order chi connectivity index (χ0) is 58.5. The molecule has 0 radical (unpaired) electrons. The third-order valence-corrected chi connectivity index (χ3v) is 16.5. The van der Waals surface area contributed by atoms with Gasteiger partial charge in [0, 0.05) is 74.7 Å². The second-order valence-electron chi connectivity index (χ2n) is 22.6. The molecule has 3 aliphatic heterocycles. The highest BCUT2D eigenvalue weighted by Crippen LogP contribution is 2.54. The number of carbonyl (C=O) groups excluding carboxylic acids is 3. The van der Waals surface area contributed by atoms with Crippen LogP contribution in [0.4, 0.5) is 15.0 Å². The number of benzene rings is 4. The summed E-state index contributed by atoms with van der Waals surface area (Å²) >= 11 is 13.0. The molecule has 5 heterocycles. The number of ether oxygens (including phenoxy) is 4. The van der Waals surface area contributed by atoms with Crippen molar-refractivity contribution in [3.63, 3.8) is 0 Å². The number of nitrogens with zero attached hydrogens (tertiary/aromatic N) is 9. The first-order valence-electron chi connectivity index (χ1n) is 28.2. The molecule has 2 aromatic heterocycles. The summed E-state index contributed by atoms with van der Waals surface area (Å²) in [5.74, 6) is 1.31. The van der Waals surface area contributed by atoms with E-state index < -0.39 is 23.0 Å². The summed E-state index contributed by atoms with van der Waals surface area (Å²) in [4.78, 5) is 62.6. The number of anilines is 1. The van der Waals surface area contributed by atoms with E-state index in [4.69, 9.17) is 52.1 Å². The van der Waals surface area contributed by atoms with E-state index in [0.717, 1.165) is 22.3 Å². The van der Waals surface area contributed by atoms with Crippen molar-refractivity contribution in [2.45, 2.75) is 90.4 Å². The minimum atomic E-state index is -1.04. The summed E-state index contributed by atoms with van der Waals surface area (Å²) in [5, 5.41) is 8.85. The monoisotopic (exact) mass is 1160 g/mol. The highest BCUT2D eigenvalue weighted by molar-refractivity contribution is 6.30. The number of halogens is 3. The van der Waals surface area contributed by atoms with Crippen molar-refractivity contribution in [2.24, 2.45) is 4.99 Å². The maximum atomic E-state index is 15.5. The van der Waals surface area contributed by atoms with Crippen LogP contribution in [0.2, 0.25) is 10.0 Å². The molecule has 436 valence electrons. The molecular formula is C62H75Cl2FN10O7. The lowest BCUT2D eigenvalue weighted by Crippen LogP contribution is -2.60. The van der Waals surface area contributed by atoms with E-state index in [0.29, 0.717) is 109 Å². The van der Waals surface area contributed by atoms with E-state index in [9.17, 15) is 14.0 Å². The van der Waals surface area contributed by atoms with Crippen molar-refractivity contribution in [1.82, 2.24) is 39.1 Å². The number of carbonyl (C=O) groups is 3. The minimum Gasteiger partial charge on any atom is -0.493 e. The number of nitrogens with one attached hydrogen (secondary N) is 1. The standard InChI is InChI=1S/C62H75Cl2FN10O7/c1-10-81-53-37-45(60(4,5)6)15-21-49(53)57-69-61(7,43-11-16-46(63)17-12-43)62(8,44-13-18-47(64)19-14-44)75(57)59(78)72-30-27-71(28-31-72)32-34-80-36-35-79-33-24-55(76)70(9)26-29-73-40-41(2)82-52-22-20-48(65)38-50(52)42(3)67-54-23-25-74-56(68-54)51(39-66-74)58(73)77/h11-23,25,37-39,41-42H,10,24,26-36,40H2,1-9H3,(H,67,68)/t41-,42+,61+,62-/m0/s1. The molecule has 17 nitrogen and oxygen atoms in total. The summed E-state index contributed by atoms with van der Waals surface area (Å²) < 4.78 is 40.6. The van der Waals surface area contributed by atoms with Crippen LogP contribution in [0.25, 0.3) is 5.65 Å². The molecule has 6 aromatic rings. The number of hydrogen-bond donors (Lipinski definition) is 1. The maximum absolute atomic E-state index is 15.5. The van der Waals surface area contributed by atoms with Gasteiger partial charge in [0.15, 0.2) is 5.65 Å². The summed E-state index contributed by atoms with van der Waals surface area (Å²) in [7, 11) is 1.70. The lowest BCUT2D eigenvalue weighted by Gasteiger charge is -2.47. The van der Waals surface area contributed by atoms with Crippen molar-refractivity contribution >= 4 is 58.3 Å². The number of hydrogen-bond acceptors (Lipinski definition) is 12. The van der Waals surface area contributed by atoms with Crippen LogP contribution >= 0.6 is 23.2 Å². The molecule has 0 saturated carbocycles. The van der Waals surface area contributed by atoms with E-state index in [1.165, 1.54) is 22.8 Å². The number of rotatable bonds is 17. The minimum absolute atomic E-state index is 0.136. The molecule has 0 unspecified atom stereocenters. The highest BCUT2D eigenvalue weighted by atomic mass is 35.5. The molecule has 1 fully saturated rings. The lowest BCUT2D eigenvalue weighted by molar-refractivity contribution is -0.131. The molecule has 82 heavy (non-hydrogen) atoms. The molecule has 1 saturated heterocycles. The number of aromatic nitrogens is 3. The van der Waals surface area contributed by atoms with E-state index in [1.54, 1.807) is 35.2 Å². The number of likely N-dealkylation sites (N-methyl/N-ethyl adjacent to an activating group) is 1. The Labute approximate surface area is 490 Å². The second kappa shape index (κ2) is 25.3. The summed E-state index contributed by atoms with van der Waals surface area (Å²) in [6.45, 7) is 21.7. The van der Waals surface area contributed by atoms with Crippen molar-refractivity contribution in [1.29, 1.82) is 0 Å². The van der Waals surface area contributed by atoms with Crippen molar-refractivity contribution < 1.29 is 37.7 Å². The Kier molecular flexibility index (Phi) is 18.5. The van der Waals surface area contributed by atoms with E-state index in [1.807, 2.05) is 85.2 Å². The molecule has 3 aliphatic rings. The van der Waals surface area contributed by atoms with E-state index >= 15 is 4.79 Å². The van der Waals surface area contributed by atoms with Gasteiger partial charge in [-0.05, 0) is 117 Å². The van der Waals surface area contributed by atoms with Crippen LogP contribution in [0.15, 0.2) is 108 Å². The van der Waals surface area contributed by atoms with E-state index in [-0.39, 0.29) is 62.0 Å². The van der Waals surface area contributed by atoms with Gasteiger partial charge in [-0.25, -0.2) is 18.7 Å². The number of amides is 4. The van der Waals surface area contributed by atoms with Crippen LogP contribution in [-0.4, -0.2) is 161 Å². The first-order chi connectivity index (χ1) is 39.2. The second-order valence-corrected chi connectivity index (χ2v) is 23.5. The molecule has 4 amide bonds. The van der Waals surface area contributed by atoms with E-state index in [2.05, 4.69) is 62.1 Å². The molecule has 0 aliphatic carbocycles. The average Bonchev–Trinajstić information content (AvgIpc) is 2.20. The van der Waals surface area contributed by atoms with Gasteiger partial charge in [-0.1, -0.05) is 74.3 Å². The lowest BCUT2D eigenvalue weighted by atomic mass is 9.71. The summed E-state index contributed by atoms with van der Waals surface area (Å²) in [6.07, 6.45) is 2.87. The smallest absolute Gasteiger partial charge is 0.326 e. The van der Waals surface area contributed by atoms with Gasteiger partial charge in [-0.15, -0.1) is 0 Å². The number of aliphatic imine (C=N–C) groups is 1. The van der Waals surface area contributed by atoms with Crippen LogP contribution in [0.5, 0.6) is 11.5 Å². The fourth-order valence-electron chi connectivity index (χ4n) is 11.0. The Bertz CT molecular complexity index is 3280. The van der Waals surface area contributed by atoms with Crippen LogP contribution in [0, 0.1) is 5.82 Å². The van der Waals surface area contributed by atoms with Crippen LogP contribution < -0.4 is 14.8 Å². The Morgan fingerprint density at radius 3 is 2.22 bits per heavy atom. The van der Waals surface area contributed by atoms with Gasteiger partial charge in [0.05, 0.1) is 63.8 Å². The van der Waals surface area contributed by atoms with Gasteiger partial charge in [0.1, 0.15) is 51.7 Å². The third-order valence-electron chi connectivity index (χ3n) is 16.0. The topological polar surface area (TPSA) is 159 Å². The Hall–Kier alpha value is -6.83. The van der Waals surface area contributed by atoms with Gasteiger partial charge >= 0.3 is 6.03 Å². The highest BCUT2D eigenvalue weighted by Gasteiger charge is 2.60. The molecule has 2 bridgehead atoms. The van der Waals surface area contributed by atoms with Gasteiger partial charge in [0.25, 0.3) is 5.91 Å². The summed E-state index contributed by atoms with van der Waals surface area (Å²) in [5.41, 5.74) is 2.71. The van der Waals surface area contributed by atoms with Crippen LogP contribution in [-0.2, 0) is 30.8 Å². The number of amidine groups is 1. The molecule has 1 N–H and O–H groups in total. The molecule has 9 rings (SSSR count). The largest absolute Gasteiger partial charge is 0.493 e. The van der Waals surface area contributed by atoms with Gasteiger partial charge in [-0.2, -0.15) is 5.10 Å². The SMILES string of the molecule is CCOc1cc(C(C)(C)C)ccc1C1=N[C@](C)(c2ccc(Cl)cc2)[C@](C)(c2ccc(Cl)cc2)N1C(=O)N1CCN(CCOCCOCCC(=O)N(C)CCN2C[C@H](C)Oc3ccc(F)cc3[C@@H](C)Nc3ccn4ncc(c4n3)C2=O)CC1. The number of piperazine rings is 1. The number of fused-ring (bicyclic) bond motifs is 2. The third kappa shape index (κ3) is 12.9. The molecule has 4 aromatic carbocycles. The first-order valence-corrected chi connectivity index (χ1v) is 28.9. The maximum Gasteiger partial charge on any atom is 0.326 e. The predicted octanol–water partition coefficient (Wildman–Crippen LogP) is 10.5. The normalized spacial score (nSPS) is 20.6. The predicted molar refractivity (Wildman–Crippen MR) is 317 cm³/mol. The Morgan fingerprint density at radius 1 is 0.854 bits per heavy atom. The molecule has 0 spiro atoms. The fourth-order valence-corrected chi connectivity index (χ4v) is 11.2. The Morgan fingerprint density at radius 2 is 1.54 bits per heavy atom. The van der Waals surface area contributed by atoms with Crippen molar-refractivity contribution in [2.75, 3.05) is 97.8 Å². The van der Waals surface area contributed by atoms with Crippen molar-refractivity contribution in [3.05, 3.63) is 153 Å². The first kappa shape index (κ1) is 59.8. The molecular weight excluding hydrogens is 1090 g/mol. The average molecular weight is 1160 g/mol. The number of urea groups is 1. The van der Waals surface area contributed by atoms with Gasteiger partial charge < -0.3 is 39.0 Å². The van der Waals surface area contributed by atoms with Gasteiger partial charge in [0.2, 0.25) is 5.91 Å². The molecule has 4 atom stereocenters. The Balaban J connectivity index is 0.773. The zero-order valence-electron chi connectivity index (χ0n) is 48.4. The van der Waals surface area contributed by atoms with Crippen LogP contribution in [0.1, 0.15) is 106 Å². The summed E-state index contributed by atoms with van der Waals surface area (Å²) in [6, 6.07) is 27.2. The van der Waals surface area contributed by atoms with Crippen molar-refractivity contribution in [3.8, 4) is 11.5 Å².